The van der Waals surface area contributed by atoms with Gasteiger partial charge in [-0.25, -0.2) is 0 Å². The van der Waals surface area contributed by atoms with Gasteiger partial charge in [0, 0.05) is 33.8 Å². The van der Waals surface area contributed by atoms with Crippen LogP contribution < -0.4 is 4.90 Å². The van der Waals surface area contributed by atoms with E-state index in [4.69, 9.17) is 0 Å². The molecule has 1 aromatic heterocycles. The number of para-hydroxylation sites is 1. The third kappa shape index (κ3) is 7.48. The van der Waals surface area contributed by atoms with E-state index >= 15 is 0 Å². The molecule has 2 nitrogen and oxygen atoms in total. The zero-order valence-corrected chi connectivity index (χ0v) is 38.7. The van der Waals surface area contributed by atoms with E-state index in [0.29, 0.717) is 0 Å². The Labute approximate surface area is 409 Å². The summed E-state index contributed by atoms with van der Waals surface area (Å²) in [4.78, 5) is 2.37. The van der Waals surface area contributed by atoms with E-state index in [0.717, 1.165) is 29.9 Å². The number of aryl methyl sites for hydroxylation is 1. The van der Waals surface area contributed by atoms with E-state index < -0.39 is 0 Å². The standard InChI is InChI=1S/C68H48N2/c1-3-24-61-50(14-1)16-12-28-63(61)55-21-9-18-52(44-55)47-32-38-57(39-33-47)69(58-40-34-48(35-41-58)53-19-10-22-56(45-53)64-29-13-17-51-15-2-4-25-62(51)64)59-42-36-49(37-43-59)54-20-11-23-60(46-54)70-67-30-7-5-26-65(67)66-27-6-8-31-68(66)70/h1-5,7-26,28-46H,6,27H2. The molecule has 0 atom stereocenters. The number of aromatic nitrogens is 1. The van der Waals surface area contributed by atoms with Crippen LogP contribution in [0, 0.1) is 0 Å². The van der Waals surface area contributed by atoms with Gasteiger partial charge in [0.25, 0.3) is 0 Å². The van der Waals surface area contributed by atoms with Gasteiger partial charge in [-0.1, -0.05) is 194 Å². The average molecular weight is 893 g/mol. The molecule has 13 rings (SSSR count). The Morgan fingerprint density at radius 2 is 0.757 bits per heavy atom. The smallest absolute Gasteiger partial charge is 0.0537 e. The molecule has 0 saturated carbocycles. The van der Waals surface area contributed by atoms with Crippen LogP contribution in [0.1, 0.15) is 17.7 Å². The first-order valence-electron chi connectivity index (χ1n) is 24.4. The summed E-state index contributed by atoms with van der Waals surface area (Å²) < 4.78 is 2.44. The van der Waals surface area contributed by atoms with Crippen molar-refractivity contribution in [1.29, 1.82) is 0 Å². The topological polar surface area (TPSA) is 8.17 Å². The lowest BCUT2D eigenvalue weighted by Gasteiger charge is -2.26. The van der Waals surface area contributed by atoms with Crippen molar-refractivity contribution in [3.8, 4) is 61.3 Å². The molecular formula is C68H48N2. The molecule has 0 unspecified atom stereocenters. The van der Waals surface area contributed by atoms with E-state index in [9.17, 15) is 0 Å². The summed E-state index contributed by atoms with van der Waals surface area (Å²) in [6, 6.07) is 93.3. The highest BCUT2D eigenvalue weighted by Gasteiger charge is 2.19. The molecule has 330 valence electrons. The van der Waals surface area contributed by atoms with Gasteiger partial charge in [0.15, 0.2) is 0 Å². The van der Waals surface area contributed by atoms with Crippen LogP contribution in [-0.2, 0) is 6.42 Å². The first kappa shape index (κ1) is 41.2. The van der Waals surface area contributed by atoms with Crippen LogP contribution >= 0.6 is 0 Å². The zero-order valence-electron chi connectivity index (χ0n) is 38.7. The molecule has 70 heavy (non-hydrogen) atoms. The number of nitrogens with zero attached hydrogens (tertiary/aromatic N) is 2. The fraction of sp³-hybridized carbons (Fsp3) is 0.0294. The lowest BCUT2D eigenvalue weighted by Crippen LogP contribution is -2.09. The number of allylic oxidation sites excluding steroid dienone is 1. The molecule has 12 aromatic rings. The van der Waals surface area contributed by atoms with Crippen molar-refractivity contribution in [2.45, 2.75) is 12.8 Å². The second kappa shape index (κ2) is 17.6. The SMILES string of the molecule is C1=Cc2c(c3ccccc3n2-c2cccc(-c3ccc(N(c4ccc(-c5cccc(-c6cccc7ccccc67)c5)cc4)c4ccc(-c5cccc(-c6cccc7ccccc67)c5)cc4)cc3)c2)CC1. The van der Waals surface area contributed by atoms with Gasteiger partial charge in [-0.2, -0.15) is 0 Å². The summed E-state index contributed by atoms with van der Waals surface area (Å²) in [6.45, 7) is 0. The molecule has 0 bridgehead atoms. The second-order valence-corrected chi connectivity index (χ2v) is 18.4. The van der Waals surface area contributed by atoms with Crippen LogP contribution in [0.4, 0.5) is 17.1 Å². The Morgan fingerprint density at radius 1 is 0.329 bits per heavy atom. The highest BCUT2D eigenvalue weighted by molar-refractivity contribution is 5.99. The highest BCUT2D eigenvalue weighted by atomic mass is 15.1. The van der Waals surface area contributed by atoms with Crippen molar-refractivity contribution in [3.05, 3.63) is 272 Å². The molecule has 0 aliphatic heterocycles. The first-order chi connectivity index (χ1) is 34.7. The Morgan fingerprint density at radius 3 is 1.30 bits per heavy atom. The van der Waals surface area contributed by atoms with Gasteiger partial charge in [-0.05, 0) is 168 Å². The van der Waals surface area contributed by atoms with Crippen LogP contribution in [0.5, 0.6) is 0 Å². The first-order valence-corrected chi connectivity index (χ1v) is 24.4. The van der Waals surface area contributed by atoms with Crippen LogP contribution in [0.2, 0.25) is 0 Å². The largest absolute Gasteiger partial charge is 0.311 e. The summed E-state index contributed by atoms with van der Waals surface area (Å²) >= 11 is 0. The van der Waals surface area contributed by atoms with Crippen molar-refractivity contribution in [2.75, 3.05) is 4.90 Å². The Hall–Kier alpha value is -8.98. The number of hydrogen-bond acceptors (Lipinski definition) is 1. The molecule has 0 N–H and O–H groups in total. The second-order valence-electron chi connectivity index (χ2n) is 18.4. The quantitative estimate of drug-likeness (QED) is 0.140. The fourth-order valence-corrected chi connectivity index (χ4v) is 10.8. The molecule has 2 heteroatoms. The van der Waals surface area contributed by atoms with Crippen LogP contribution in [-0.4, -0.2) is 4.57 Å². The fourth-order valence-electron chi connectivity index (χ4n) is 10.8. The third-order valence-corrected chi connectivity index (χ3v) is 14.3. The lowest BCUT2D eigenvalue weighted by molar-refractivity contribution is 0.968. The van der Waals surface area contributed by atoms with E-state index in [1.54, 1.807) is 0 Å². The van der Waals surface area contributed by atoms with Crippen molar-refractivity contribution in [2.24, 2.45) is 0 Å². The predicted octanol–water partition coefficient (Wildman–Crippen LogP) is 18.7. The summed E-state index contributed by atoms with van der Waals surface area (Å²) in [7, 11) is 0. The van der Waals surface area contributed by atoms with Gasteiger partial charge in [-0.15, -0.1) is 0 Å². The average Bonchev–Trinajstić information content (AvgIpc) is 3.78. The lowest BCUT2D eigenvalue weighted by atomic mass is 9.95. The third-order valence-electron chi connectivity index (χ3n) is 14.3. The molecule has 0 spiro atoms. The molecule has 1 aliphatic rings. The van der Waals surface area contributed by atoms with Crippen LogP contribution in [0.25, 0.3) is 99.8 Å². The van der Waals surface area contributed by atoms with E-state index in [-0.39, 0.29) is 0 Å². The van der Waals surface area contributed by atoms with Crippen LogP contribution in [0.3, 0.4) is 0 Å². The maximum absolute atomic E-state index is 2.44. The summed E-state index contributed by atoms with van der Waals surface area (Å²) in [6.07, 6.45) is 6.77. The molecule has 0 radical (unpaired) electrons. The molecule has 0 amide bonds. The molecule has 11 aromatic carbocycles. The van der Waals surface area contributed by atoms with Gasteiger partial charge < -0.3 is 9.47 Å². The van der Waals surface area contributed by atoms with Crippen molar-refractivity contribution >= 4 is 55.6 Å². The molecule has 1 heterocycles. The molecule has 0 saturated heterocycles. The van der Waals surface area contributed by atoms with Gasteiger partial charge >= 0.3 is 0 Å². The van der Waals surface area contributed by atoms with Crippen molar-refractivity contribution < 1.29 is 0 Å². The van der Waals surface area contributed by atoms with Gasteiger partial charge in [0.2, 0.25) is 0 Å². The zero-order chi connectivity index (χ0) is 46.4. The van der Waals surface area contributed by atoms with Gasteiger partial charge in [0.05, 0.1) is 5.52 Å². The molecule has 0 fully saturated rings. The maximum atomic E-state index is 2.44. The normalized spacial score (nSPS) is 12.1. The highest BCUT2D eigenvalue weighted by Crippen LogP contribution is 2.41. The van der Waals surface area contributed by atoms with Gasteiger partial charge in [0.1, 0.15) is 0 Å². The Bertz CT molecular complexity index is 3750. The summed E-state index contributed by atoms with van der Waals surface area (Å²) in [5, 5.41) is 6.38. The van der Waals surface area contributed by atoms with Crippen LogP contribution in [0.15, 0.2) is 261 Å². The predicted molar refractivity (Wildman–Crippen MR) is 298 cm³/mol. The molecule has 1 aliphatic carbocycles. The number of hydrogen-bond donors (Lipinski definition) is 0. The minimum Gasteiger partial charge on any atom is -0.311 e. The summed E-state index contributed by atoms with van der Waals surface area (Å²) in [5.41, 5.74) is 20.5. The summed E-state index contributed by atoms with van der Waals surface area (Å²) in [5.74, 6) is 0. The molecular weight excluding hydrogens is 845 g/mol. The Balaban J connectivity index is 0.858. The number of rotatable bonds is 9. The number of anilines is 3. The van der Waals surface area contributed by atoms with Crippen molar-refractivity contribution in [1.82, 2.24) is 4.57 Å². The minimum atomic E-state index is 1.07. The monoisotopic (exact) mass is 892 g/mol. The maximum Gasteiger partial charge on any atom is 0.0537 e. The Kier molecular flexibility index (Phi) is 10.4. The van der Waals surface area contributed by atoms with E-state index in [1.807, 2.05) is 0 Å². The van der Waals surface area contributed by atoms with E-state index in [2.05, 4.69) is 276 Å². The van der Waals surface area contributed by atoms with E-state index in [1.165, 1.54) is 105 Å². The van der Waals surface area contributed by atoms with Crippen molar-refractivity contribution in [3.63, 3.8) is 0 Å². The van der Waals surface area contributed by atoms with Gasteiger partial charge in [-0.3, -0.25) is 0 Å². The number of benzene rings is 11. The number of fused-ring (bicyclic) bond motifs is 5. The minimum absolute atomic E-state index is 1.07.